The second-order valence-corrected chi connectivity index (χ2v) is 5.43. The number of nitrogens with zero attached hydrogens (tertiary/aromatic N) is 3. The second kappa shape index (κ2) is 4.54. The number of hydrogen-bond donors (Lipinski definition) is 1. The number of hydrogen-bond acceptors (Lipinski definition) is 6. The van der Waals surface area contributed by atoms with Crippen molar-refractivity contribution >= 4 is 11.3 Å². The molecule has 1 fully saturated rings. The van der Waals surface area contributed by atoms with Crippen LogP contribution < -0.4 is 5.32 Å². The topological polar surface area (TPSA) is 63.8 Å². The average molecular weight is 250 g/mol. The van der Waals surface area contributed by atoms with E-state index in [9.17, 15) is 0 Å². The highest BCUT2D eigenvalue weighted by molar-refractivity contribution is 7.09. The lowest BCUT2D eigenvalue weighted by atomic mass is 10.00. The van der Waals surface area contributed by atoms with E-state index in [0.717, 1.165) is 41.9 Å². The molecular formula is C11H14N4OS. The van der Waals surface area contributed by atoms with E-state index in [2.05, 4.69) is 20.4 Å². The smallest absolute Gasteiger partial charge is 0.227 e. The monoisotopic (exact) mass is 250 g/mol. The molecule has 0 atom stereocenters. The fraction of sp³-hybridized carbons (Fsp3) is 0.545. The summed E-state index contributed by atoms with van der Waals surface area (Å²) >= 11 is 1.65. The molecule has 2 aromatic rings. The lowest BCUT2D eigenvalue weighted by Gasteiger charge is -2.25. The van der Waals surface area contributed by atoms with Crippen LogP contribution in [0.15, 0.2) is 9.90 Å². The summed E-state index contributed by atoms with van der Waals surface area (Å²) in [6, 6.07) is 0. The van der Waals surface area contributed by atoms with Crippen LogP contribution in [0.5, 0.6) is 0 Å². The van der Waals surface area contributed by atoms with Crippen LogP contribution in [0.3, 0.4) is 0 Å². The Bertz CT molecular complexity index is 503. The summed E-state index contributed by atoms with van der Waals surface area (Å²) in [6.45, 7) is 4.12. The normalized spacial score (nSPS) is 16.1. The van der Waals surface area contributed by atoms with Crippen molar-refractivity contribution < 1.29 is 4.52 Å². The van der Waals surface area contributed by atoms with Gasteiger partial charge in [-0.25, -0.2) is 4.98 Å². The lowest BCUT2D eigenvalue weighted by molar-refractivity contribution is 0.295. The maximum atomic E-state index is 5.24. The van der Waals surface area contributed by atoms with Crippen molar-refractivity contribution in [1.29, 1.82) is 0 Å². The predicted molar refractivity (Wildman–Crippen MR) is 64.0 cm³/mol. The Morgan fingerprint density at radius 3 is 3.00 bits per heavy atom. The van der Waals surface area contributed by atoms with Gasteiger partial charge >= 0.3 is 0 Å². The molecule has 17 heavy (non-hydrogen) atoms. The van der Waals surface area contributed by atoms with E-state index in [1.807, 2.05) is 12.3 Å². The van der Waals surface area contributed by atoms with Crippen LogP contribution in [0.1, 0.15) is 22.4 Å². The minimum atomic E-state index is 0.657. The van der Waals surface area contributed by atoms with Gasteiger partial charge < -0.3 is 9.84 Å². The Kier molecular flexibility index (Phi) is 2.90. The number of rotatable bonds is 4. The van der Waals surface area contributed by atoms with E-state index in [-0.39, 0.29) is 0 Å². The van der Waals surface area contributed by atoms with Gasteiger partial charge in [0.25, 0.3) is 0 Å². The largest absolute Gasteiger partial charge is 0.339 e. The summed E-state index contributed by atoms with van der Waals surface area (Å²) in [6.07, 6.45) is 1.55. The van der Waals surface area contributed by atoms with Crippen molar-refractivity contribution in [2.75, 3.05) is 13.1 Å². The zero-order valence-corrected chi connectivity index (χ0v) is 10.5. The molecule has 1 aliphatic rings. The van der Waals surface area contributed by atoms with Crippen LogP contribution >= 0.6 is 11.3 Å². The SMILES string of the molecule is Cc1nc(Cc2noc(CC3CNC3)n2)cs1. The Labute approximate surface area is 103 Å². The van der Waals surface area contributed by atoms with Crippen LogP contribution in [0.4, 0.5) is 0 Å². The molecule has 3 heterocycles. The third-order valence-electron chi connectivity index (χ3n) is 2.85. The third kappa shape index (κ3) is 2.53. The van der Waals surface area contributed by atoms with Gasteiger partial charge in [0, 0.05) is 11.8 Å². The fourth-order valence-corrected chi connectivity index (χ4v) is 2.45. The van der Waals surface area contributed by atoms with E-state index in [4.69, 9.17) is 4.52 Å². The van der Waals surface area contributed by atoms with Gasteiger partial charge in [0.2, 0.25) is 5.89 Å². The summed E-state index contributed by atoms with van der Waals surface area (Å²) in [5.41, 5.74) is 1.02. The van der Waals surface area contributed by atoms with Gasteiger partial charge in [0.1, 0.15) is 0 Å². The molecule has 0 aliphatic carbocycles. The first-order valence-corrected chi connectivity index (χ1v) is 6.61. The third-order valence-corrected chi connectivity index (χ3v) is 3.67. The van der Waals surface area contributed by atoms with Crippen LogP contribution in [0.25, 0.3) is 0 Å². The lowest BCUT2D eigenvalue weighted by Crippen LogP contribution is -2.43. The summed E-state index contributed by atoms with van der Waals surface area (Å²) in [7, 11) is 0. The van der Waals surface area contributed by atoms with E-state index < -0.39 is 0 Å². The van der Waals surface area contributed by atoms with Crippen LogP contribution in [0, 0.1) is 12.8 Å². The molecule has 0 saturated carbocycles. The summed E-state index contributed by atoms with van der Waals surface area (Å²) in [5, 5.41) is 10.3. The Morgan fingerprint density at radius 1 is 1.47 bits per heavy atom. The van der Waals surface area contributed by atoms with Crippen molar-refractivity contribution in [1.82, 2.24) is 20.4 Å². The molecule has 5 nitrogen and oxygen atoms in total. The summed E-state index contributed by atoms with van der Waals surface area (Å²) in [5.74, 6) is 2.14. The molecule has 6 heteroatoms. The molecule has 1 aliphatic heterocycles. The van der Waals surface area contributed by atoms with Gasteiger partial charge in [-0.2, -0.15) is 4.98 Å². The molecular weight excluding hydrogens is 236 g/mol. The van der Waals surface area contributed by atoms with Gasteiger partial charge in [0.05, 0.1) is 17.1 Å². The molecule has 2 aromatic heterocycles. The maximum absolute atomic E-state index is 5.24. The van der Waals surface area contributed by atoms with Gasteiger partial charge in [-0.15, -0.1) is 11.3 Å². The number of thiazole rings is 1. The van der Waals surface area contributed by atoms with Gasteiger partial charge in [-0.05, 0) is 25.9 Å². The molecule has 0 spiro atoms. The van der Waals surface area contributed by atoms with Crippen molar-refractivity contribution in [3.05, 3.63) is 27.8 Å². The van der Waals surface area contributed by atoms with Crippen LogP contribution in [-0.4, -0.2) is 28.2 Å². The van der Waals surface area contributed by atoms with E-state index >= 15 is 0 Å². The second-order valence-electron chi connectivity index (χ2n) is 4.37. The van der Waals surface area contributed by atoms with Crippen molar-refractivity contribution in [3.63, 3.8) is 0 Å². The van der Waals surface area contributed by atoms with E-state index in [0.29, 0.717) is 12.3 Å². The zero-order valence-electron chi connectivity index (χ0n) is 9.64. The molecule has 90 valence electrons. The Balaban J connectivity index is 1.63. The molecule has 0 bridgehead atoms. The van der Waals surface area contributed by atoms with Crippen molar-refractivity contribution in [2.24, 2.45) is 5.92 Å². The Hall–Kier alpha value is -1.27. The molecule has 1 N–H and O–H groups in total. The van der Waals surface area contributed by atoms with Crippen molar-refractivity contribution in [3.8, 4) is 0 Å². The number of aromatic nitrogens is 3. The van der Waals surface area contributed by atoms with Crippen LogP contribution in [0.2, 0.25) is 0 Å². The summed E-state index contributed by atoms with van der Waals surface area (Å²) in [4.78, 5) is 8.79. The van der Waals surface area contributed by atoms with Gasteiger partial charge in [0.15, 0.2) is 5.82 Å². The molecule has 0 aromatic carbocycles. The first kappa shape index (κ1) is 10.9. The molecule has 1 saturated heterocycles. The standard InChI is InChI=1S/C11H14N4OS/c1-7-13-9(6-17-7)3-10-14-11(16-15-10)2-8-4-12-5-8/h6,8,12H,2-5H2,1H3. The molecule has 0 amide bonds. The zero-order chi connectivity index (χ0) is 11.7. The highest BCUT2D eigenvalue weighted by Crippen LogP contribution is 2.14. The van der Waals surface area contributed by atoms with Crippen molar-refractivity contribution in [2.45, 2.75) is 19.8 Å². The van der Waals surface area contributed by atoms with E-state index in [1.165, 1.54) is 0 Å². The first-order valence-electron chi connectivity index (χ1n) is 5.73. The van der Waals surface area contributed by atoms with E-state index in [1.54, 1.807) is 11.3 Å². The Morgan fingerprint density at radius 2 is 2.35 bits per heavy atom. The minimum absolute atomic E-state index is 0.657. The number of nitrogens with one attached hydrogen (secondary N) is 1. The summed E-state index contributed by atoms with van der Waals surface area (Å²) < 4.78 is 5.24. The van der Waals surface area contributed by atoms with Crippen LogP contribution in [-0.2, 0) is 12.8 Å². The maximum Gasteiger partial charge on any atom is 0.227 e. The first-order chi connectivity index (χ1) is 8.29. The highest BCUT2D eigenvalue weighted by Gasteiger charge is 2.20. The van der Waals surface area contributed by atoms with Gasteiger partial charge in [-0.1, -0.05) is 5.16 Å². The fourth-order valence-electron chi connectivity index (χ4n) is 1.84. The molecule has 0 radical (unpaired) electrons. The minimum Gasteiger partial charge on any atom is -0.339 e. The predicted octanol–water partition coefficient (Wildman–Crippen LogP) is 1.19. The average Bonchev–Trinajstić information content (AvgIpc) is 2.83. The number of aryl methyl sites for hydroxylation is 1. The quantitative estimate of drug-likeness (QED) is 0.883. The molecule has 0 unspecified atom stereocenters. The highest BCUT2D eigenvalue weighted by atomic mass is 32.1. The van der Waals surface area contributed by atoms with Gasteiger partial charge in [-0.3, -0.25) is 0 Å². The molecule has 3 rings (SSSR count).